The minimum Gasteiger partial charge on any atom is -0.490 e. The molecule has 114 valence electrons. The molecule has 2 aliphatic heterocycles. The number of hydrogen-bond acceptors (Lipinski definition) is 4. The summed E-state index contributed by atoms with van der Waals surface area (Å²) in [6.45, 7) is 3.71. The molecular formula is C16H21NO4. The lowest BCUT2D eigenvalue weighted by atomic mass is 10.1. The monoisotopic (exact) mass is 291 g/mol. The van der Waals surface area contributed by atoms with Crippen LogP contribution in [-0.4, -0.2) is 41.7 Å². The van der Waals surface area contributed by atoms with Gasteiger partial charge in [0.2, 0.25) is 0 Å². The van der Waals surface area contributed by atoms with Gasteiger partial charge in [0.1, 0.15) is 24.2 Å². The molecule has 0 spiro atoms. The number of ether oxygens (including phenoxy) is 2. The largest absolute Gasteiger partial charge is 0.490 e. The number of amides is 1. The number of carbonyl (C=O) groups is 1. The minimum atomic E-state index is -0.568. The van der Waals surface area contributed by atoms with Crippen LogP contribution in [0, 0.1) is 0 Å². The van der Waals surface area contributed by atoms with Gasteiger partial charge in [-0.15, -0.1) is 0 Å². The second-order valence-electron chi connectivity index (χ2n) is 5.67. The quantitative estimate of drug-likeness (QED) is 0.924. The number of benzene rings is 1. The highest BCUT2D eigenvalue weighted by Gasteiger charge is 2.25. The highest BCUT2D eigenvalue weighted by atomic mass is 16.5. The van der Waals surface area contributed by atoms with Crippen LogP contribution < -0.4 is 9.47 Å². The van der Waals surface area contributed by atoms with Crippen molar-refractivity contribution in [3.63, 3.8) is 0 Å². The molecule has 2 heterocycles. The number of carbonyl (C=O) groups excluding carboxylic acids is 1. The Bertz CT molecular complexity index is 525. The van der Waals surface area contributed by atoms with Crippen LogP contribution in [0.4, 0.5) is 0 Å². The lowest BCUT2D eigenvalue weighted by Gasteiger charge is -2.29. The van der Waals surface area contributed by atoms with Crippen molar-refractivity contribution < 1.29 is 19.4 Å². The normalized spacial score (nSPS) is 22.4. The second kappa shape index (κ2) is 5.93. The first-order chi connectivity index (χ1) is 10.1. The Kier molecular flexibility index (Phi) is 4.01. The van der Waals surface area contributed by atoms with Gasteiger partial charge in [-0.2, -0.15) is 0 Å². The smallest absolute Gasteiger partial charge is 0.263 e. The maximum absolute atomic E-state index is 12.3. The van der Waals surface area contributed by atoms with Crippen molar-refractivity contribution in [1.82, 2.24) is 4.90 Å². The van der Waals surface area contributed by atoms with E-state index in [0.717, 1.165) is 31.5 Å². The molecule has 1 saturated heterocycles. The molecule has 21 heavy (non-hydrogen) atoms. The molecule has 2 unspecified atom stereocenters. The number of piperidine rings is 1. The predicted molar refractivity (Wildman–Crippen MR) is 77.4 cm³/mol. The number of nitrogens with zero attached hydrogens (tertiary/aromatic N) is 1. The summed E-state index contributed by atoms with van der Waals surface area (Å²) in [5.74, 6) is 1.27. The van der Waals surface area contributed by atoms with Crippen LogP contribution >= 0.6 is 0 Å². The molecule has 1 fully saturated rings. The summed E-state index contributed by atoms with van der Waals surface area (Å²) in [5, 5.41) is 9.69. The van der Waals surface area contributed by atoms with Gasteiger partial charge in [0, 0.05) is 24.7 Å². The van der Waals surface area contributed by atoms with E-state index < -0.39 is 12.2 Å². The van der Waals surface area contributed by atoms with Crippen molar-refractivity contribution in [1.29, 1.82) is 0 Å². The number of hydrogen-bond donors (Lipinski definition) is 1. The molecule has 5 heteroatoms. The maximum Gasteiger partial charge on any atom is 0.263 e. The third-order valence-electron chi connectivity index (χ3n) is 4.07. The number of aliphatic hydroxyl groups excluding tert-OH is 1. The Morgan fingerprint density at radius 2 is 2.14 bits per heavy atom. The van der Waals surface area contributed by atoms with Crippen molar-refractivity contribution >= 4 is 5.91 Å². The van der Waals surface area contributed by atoms with E-state index in [-0.39, 0.29) is 12.5 Å². The van der Waals surface area contributed by atoms with Crippen molar-refractivity contribution in [3.05, 3.63) is 23.8 Å². The second-order valence-corrected chi connectivity index (χ2v) is 5.67. The summed E-state index contributed by atoms with van der Waals surface area (Å²) >= 11 is 0. The average molecular weight is 291 g/mol. The van der Waals surface area contributed by atoms with Gasteiger partial charge in [-0.25, -0.2) is 0 Å². The molecule has 2 atom stereocenters. The molecule has 0 radical (unpaired) electrons. The van der Waals surface area contributed by atoms with Gasteiger partial charge in [0.25, 0.3) is 5.91 Å². The summed E-state index contributed by atoms with van der Waals surface area (Å²) in [7, 11) is 0. The highest BCUT2D eigenvalue weighted by molar-refractivity contribution is 5.81. The molecule has 1 N–H and O–H groups in total. The summed E-state index contributed by atoms with van der Waals surface area (Å²) < 4.78 is 11.1. The zero-order chi connectivity index (χ0) is 14.8. The number of aliphatic hydroxyl groups is 1. The Morgan fingerprint density at radius 1 is 1.38 bits per heavy atom. The van der Waals surface area contributed by atoms with Crippen molar-refractivity contribution in [3.8, 4) is 11.5 Å². The van der Waals surface area contributed by atoms with Crippen LogP contribution in [0.3, 0.4) is 0 Å². The zero-order valence-corrected chi connectivity index (χ0v) is 12.2. The van der Waals surface area contributed by atoms with E-state index in [1.165, 1.54) is 6.42 Å². The summed E-state index contributed by atoms with van der Waals surface area (Å²) in [6, 6.07) is 5.31. The standard InChI is InChI=1S/C16H21NO4/c1-11(16(19)17-7-3-2-4-8-17)21-12-5-6-13-14(18)10-20-15(13)9-12/h5-6,9,11,14,18H,2-4,7-8,10H2,1H3. The van der Waals surface area contributed by atoms with Gasteiger partial charge in [0.15, 0.2) is 6.10 Å². The topological polar surface area (TPSA) is 59.0 Å². The molecule has 0 saturated carbocycles. The fourth-order valence-electron chi connectivity index (χ4n) is 2.87. The van der Waals surface area contributed by atoms with Crippen LogP contribution in [0.5, 0.6) is 11.5 Å². The Labute approximate surface area is 124 Å². The van der Waals surface area contributed by atoms with Gasteiger partial charge in [-0.05, 0) is 38.3 Å². The molecule has 3 rings (SSSR count). The van der Waals surface area contributed by atoms with Gasteiger partial charge >= 0.3 is 0 Å². The van der Waals surface area contributed by atoms with Crippen LogP contribution in [0.2, 0.25) is 0 Å². The summed E-state index contributed by atoms with van der Waals surface area (Å²) in [6.07, 6.45) is 2.27. The number of likely N-dealkylation sites (tertiary alicyclic amines) is 1. The first-order valence-electron chi connectivity index (χ1n) is 7.55. The van der Waals surface area contributed by atoms with Crippen LogP contribution in [0.15, 0.2) is 18.2 Å². The van der Waals surface area contributed by atoms with Crippen LogP contribution in [-0.2, 0) is 4.79 Å². The van der Waals surface area contributed by atoms with E-state index in [2.05, 4.69) is 0 Å². The van der Waals surface area contributed by atoms with E-state index in [1.54, 1.807) is 25.1 Å². The first kappa shape index (κ1) is 14.2. The van der Waals surface area contributed by atoms with E-state index in [1.807, 2.05) is 4.90 Å². The van der Waals surface area contributed by atoms with Gasteiger partial charge in [-0.1, -0.05) is 0 Å². The molecule has 5 nitrogen and oxygen atoms in total. The zero-order valence-electron chi connectivity index (χ0n) is 12.2. The van der Waals surface area contributed by atoms with Gasteiger partial charge in [-0.3, -0.25) is 4.79 Å². The van der Waals surface area contributed by atoms with Crippen LogP contribution in [0.25, 0.3) is 0 Å². The molecule has 1 aromatic carbocycles. The third-order valence-corrected chi connectivity index (χ3v) is 4.07. The van der Waals surface area contributed by atoms with Crippen LogP contribution in [0.1, 0.15) is 37.9 Å². The van der Waals surface area contributed by atoms with E-state index in [0.29, 0.717) is 11.5 Å². The van der Waals surface area contributed by atoms with E-state index in [9.17, 15) is 9.90 Å². The Balaban J connectivity index is 1.64. The minimum absolute atomic E-state index is 0.0381. The fourth-order valence-corrected chi connectivity index (χ4v) is 2.87. The Hall–Kier alpha value is -1.75. The fraction of sp³-hybridized carbons (Fsp3) is 0.562. The number of fused-ring (bicyclic) bond motifs is 1. The molecule has 1 aromatic rings. The molecule has 0 aromatic heterocycles. The molecule has 0 aliphatic carbocycles. The van der Waals surface area contributed by atoms with Crippen molar-refractivity contribution in [2.75, 3.05) is 19.7 Å². The molecular weight excluding hydrogens is 270 g/mol. The van der Waals surface area contributed by atoms with Gasteiger partial charge < -0.3 is 19.5 Å². The lowest BCUT2D eigenvalue weighted by Crippen LogP contribution is -2.43. The first-order valence-corrected chi connectivity index (χ1v) is 7.55. The molecule has 2 aliphatic rings. The third kappa shape index (κ3) is 2.97. The van der Waals surface area contributed by atoms with E-state index >= 15 is 0 Å². The van der Waals surface area contributed by atoms with Crippen molar-refractivity contribution in [2.24, 2.45) is 0 Å². The average Bonchev–Trinajstić information content (AvgIpc) is 2.88. The number of rotatable bonds is 3. The highest BCUT2D eigenvalue weighted by Crippen LogP contribution is 2.35. The van der Waals surface area contributed by atoms with Crippen molar-refractivity contribution in [2.45, 2.75) is 38.4 Å². The van der Waals surface area contributed by atoms with Gasteiger partial charge in [0.05, 0.1) is 0 Å². The maximum atomic E-state index is 12.3. The summed E-state index contributed by atoms with van der Waals surface area (Å²) in [4.78, 5) is 14.2. The SMILES string of the molecule is CC(Oc1ccc2c(c1)OCC2O)C(=O)N1CCCCC1. The van der Waals surface area contributed by atoms with E-state index in [4.69, 9.17) is 9.47 Å². The lowest BCUT2D eigenvalue weighted by molar-refractivity contribution is -0.138. The molecule has 1 amide bonds. The molecule has 0 bridgehead atoms. The summed E-state index contributed by atoms with van der Waals surface area (Å²) in [5.41, 5.74) is 0.775. The Morgan fingerprint density at radius 3 is 2.90 bits per heavy atom. The predicted octanol–water partition coefficient (Wildman–Crippen LogP) is 1.89.